The summed E-state index contributed by atoms with van der Waals surface area (Å²) in [5, 5.41) is 9.37. The fourth-order valence-corrected chi connectivity index (χ4v) is 4.21. The van der Waals surface area contributed by atoms with E-state index in [9.17, 15) is 27.2 Å². The predicted molar refractivity (Wildman–Crippen MR) is 112 cm³/mol. The van der Waals surface area contributed by atoms with Gasteiger partial charge in [-0.1, -0.05) is 53.7 Å². The Morgan fingerprint density at radius 3 is 2.23 bits per heavy atom. The summed E-state index contributed by atoms with van der Waals surface area (Å²) in [6.45, 7) is 1.93. The number of halogens is 5. The fraction of sp³-hybridized carbons (Fsp3) is 0.182. The van der Waals surface area contributed by atoms with Crippen molar-refractivity contribution in [2.75, 3.05) is 0 Å². The van der Waals surface area contributed by atoms with E-state index in [0.717, 1.165) is 29.0 Å². The summed E-state index contributed by atoms with van der Waals surface area (Å²) in [5.41, 5.74) is 0.695. The van der Waals surface area contributed by atoms with Gasteiger partial charge in [-0.05, 0) is 30.7 Å². The standard InChI is InChI=1S/C22H15F5N2S2/c1-13-2-4-14(5-3-13)12-30-20-17(11-28)18(22(25,26)27)10-19(29-20)15-6-8-16(9-7-15)31-21(23)24/h2-10,21H,12H2,1H3. The van der Waals surface area contributed by atoms with Gasteiger partial charge in [0.05, 0.1) is 16.8 Å². The lowest BCUT2D eigenvalue weighted by Gasteiger charge is -2.14. The SMILES string of the molecule is Cc1ccc(CSc2nc(-c3ccc(SC(F)F)cc3)cc(C(F)(F)F)c2C#N)cc1. The van der Waals surface area contributed by atoms with Gasteiger partial charge >= 0.3 is 6.18 Å². The lowest BCUT2D eigenvalue weighted by Crippen LogP contribution is -2.10. The predicted octanol–water partition coefficient (Wildman–Crippen LogP) is 7.55. The third-order valence-corrected chi connectivity index (χ3v) is 6.04. The van der Waals surface area contributed by atoms with Crippen molar-refractivity contribution in [2.45, 2.75) is 34.5 Å². The first-order valence-electron chi connectivity index (χ1n) is 8.93. The van der Waals surface area contributed by atoms with E-state index >= 15 is 0 Å². The Kier molecular flexibility index (Phi) is 7.23. The van der Waals surface area contributed by atoms with Crippen molar-refractivity contribution in [3.63, 3.8) is 0 Å². The molecule has 2 nitrogen and oxygen atoms in total. The van der Waals surface area contributed by atoms with Gasteiger partial charge in [0.1, 0.15) is 11.1 Å². The Labute approximate surface area is 184 Å². The highest BCUT2D eigenvalue weighted by Gasteiger charge is 2.36. The normalized spacial score (nSPS) is 11.5. The number of aromatic nitrogens is 1. The molecule has 2 aromatic carbocycles. The zero-order valence-corrected chi connectivity index (χ0v) is 17.7. The van der Waals surface area contributed by atoms with E-state index < -0.39 is 23.1 Å². The Hall–Kier alpha value is -2.57. The minimum absolute atomic E-state index is 0.0197. The number of aryl methyl sites for hydroxylation is 1. The number of hydrogen-bond acceptors (Lipinski definition) is 4. The number of benzene rings is 2. The van der Waals surface area contributed by atoms with Gasteiger partial charge in [0.15, 0.2) is 0 Å². The average Bonchev–Trinajstić information content (AvgIpc) is 2.72. The summed E-state index contributed by atoms with van der Waals surface area (Å²) < 4.78 is 66.0. The van der Waals surface area contributed by atoms with Crippen LogP contribution in [0.4, 0.5) is 22.0 Å². The van der Waals surface area contributed by atoms with E-state index in [-0.39, 0.29) is 15.6 Å². The number of nitriles is 1. The molecular formula is C22H15F5N2S2. The van der Waals surface area contributed by atoms with Crippen LogP contribution in [0.2, 0.25) is 0 Å². The lowest BCUT2D eigenvalue weighted by atomic mass is 10.1. The van der Waals surface area contributed by atoms with Gasteiger partial charge in [-0.15, -0.1) is 11.8 Å². The molecule has 0 N–H and O–H groups in total. The molecule has 0 saturated heterocycles. The van der Waals surface area contributed by atoms with Crippen LogP contribution in [0.3, 0.4) is 0 Å². The molecule has 31 heavy (non-hydrogen) atoms. The topological polar surface area (TPSA) is 36.7 Å². The number of nitrogens with zero attached hydrogens (tertiary/aromatic N) is 2. The lowest BCUT2D eigenvalue weighted by molar-refractivity contribution is -0.138. The van der Waals surface area contributed by atoms with Gasteiger partial charge in [-0.25, -0.2) is 4.98 Å². The molecule has 0 aliphatic heterocycles. The summed E-state index contributed by atoms with van der Waals surface area (Å²) >= 11 is 1.39. The summed E-state index contributed by atoms with van der Waals surface area (Å²) in [6.07, 6.45) is -4.74. The molecule has 0 saturated carbocycles. The highest BCUT2D eigenvalue weighted by atomic mass is 32.2. The number of thioether (sulfide) groups is 2. The van der Waals surface area contributed by atoms with E-state index in [1.165, 1.54) is 24.3 Å². The highest BCUT2D eigenvalue weighted by Crippen LogP contribution is 2.39. The molecule has 0 aliphatic rings. The molecule has 1 aromatic heterocycles. The third-order valence-electron chi connectivity index (χ3n) is 4.27. The van der Waals surface area contributed by atoms with Crippen LogP contribution < -0.4 is 0 Å². The molecule has 0 unspecified atom stereocenters. The van der Waals surface area contributed by atoms with Crippen LogP contribution in [-0.2, 0) is 11.9 Å². The molecule has 3 aromatic rings. The van der Waals surface area contributed by atoms with Gasteiger partial charge in [0.25, 0.3) is 5.76 Å². The molecule has 0 atom stereocenters. The van der Waals surface area contributed by atoms with E-state index in [0.29, 0.717) is 23.1 Å². The first-order valence-corrected chi connectivity index (χ1v) is 10.8. The Bertz CT molecular complexity index is 1090. The summed E-state index contributed by atoms with van der Waals surface area (Å²) in [5.74, 6) is -2.26. The Morgan fingerprint density at radius 1 is 1.03 bits per heavy atom. The second kappa shape index (κ2) is 9.71. The average molecular weight is 467 g/mol. The van der Waals surface area contributed by atoms with E-state index in [2.05, 4.69) is 4.98 Å². The van der Waals surface area contributed by atoms with Gasteiger partial charge < -0.3 is 0 Å². The van der Waals surface area contributed by atoms with Crippen LogP contribution in [0.5, 0.6) is 0 Å². The van der Waals surface area contributed by atoms with E-state index in [1.807, 2.05) is 31.2 Å². The maximum Gasteiger partial charge on any atom is 0.417 e. The highest BCUT2D eigenvalue weighted by molar-refractivity contribution is 7.99. The van der Waals surface area contributed by atoms with E-state index in [4.69, 9.17) is 0 Å². The maximum atomic E-state index is 13.7. The zero-order valence-electron chi connectivity index (χ0n) is 16.1. The smallest absolute Gasteiger partial charge is 0.240 e. The van der Waals surface area contributed by atoms with Crippen LogP contribution >= 0.6 is 23.5 Å². The van der Waals surface area contributed by atoms with Crippen molar-refractivity contribution in [1.82, 2.24) is 4.98 Å². The molecule has 0 amide bonds. The van der Waals surface area contributed by atoms with Crippen molar-refractivity contribution < 1.29 is 22.0 Å². The fourth-order valence-electron chi connectivity index (χ4n) is 2.75. The molecule has 160 valence electrons. The zero-order chi connectivity index (χ0) is 22.6. The molecule has 3 rings (SSSR count). The van der Waals surface area contributed by atoms with Crippen LogP contribution in [0.15, 0.2) is 64.5 Å². The molecule has 0 fully saturated rings. The molecule has 0 radical (unpaired) electrons. The number of rotatable bonds is 6. The van der Waals surface area contributed by atoms with Gasteiger partial charge in [0, 0.05) is 16.2 Å². The monoisotopic (exact) mass is 466 g/mol. The molecular weight excluding hydrogens is 451 g/mol. The first kappa shape index (κ1) is 23.1. The third kappa shape index (κ3) is 5.99. The van der Waals surface area contributed by atoms with Crippen molar-refractivity contribution in [3.8, 4) is 17.3 Å². The van der Waals surface area contributed by atoms with Gasteiger partial charge in [0.2, 0.25) is 0 Å². The number of pyridine rings is 1. The number of hydrogen-bond donors (Lipinski definition) is 0. The first-order chi connectivity index (χ1) is 14.7. The van der Waals surface area contributed by atoms with Gasteiger partial charge in [-0.3, -0.25) is 0 Å². The van der Waals surface area contributed by atoms with Crippen LogP contribution in [0.1, 0.15) is 22.3 Å². The van der Waals surface area contributed by atoms with Crippen LogP contribution in [0.25, 0.3) is 11.3 Å². The quantitative estimate of drug-likeness (QED) is 0.278. The number of alkyl halides is 5. The second-order valence-electron chi connectivity index (χ2n) is 6.52. The van der Waals surface area contributed by atoms with Crippen LogP contribution in [-0.4, -0.2) is 10.7 Å². The van der Waals surface area contributed by atoms with Crippen molar-refractivity contribution in [2.24, 2.45) is 0 Å². The van der Waals surface area contributed by atoms with Crippen LogP contribution in [0, 0.1) is 18.3 Å². The maximum absolute atomic E-state index is 13.7. The largest absolute Gasteiger partial charge is 0.417 e. The summed E-state index contributed by atoms with van der Waals surface area (Å²) in [7, 11) is 0. The Morgan fingerprint density at radius 2 is 1.68 bits per heavy atom. The molecule has 0 spiro atoms. The molecule has 1 heterocycles. The molecule has 0 aliphatic carbocycles. The summed E-state index contributed by atoms with van der Waals surface area (Å²) in [4.78, 5) is 4.59. The van der Waals surface area contributed by atoms with Crippen molar-refractivity contribution in [3.05, 3.63) is 76.9 Å². The second-order valence-corrected chi connectivity index (χ2v) is 8.55. The van der Waals surface area contributed by atoms with Crippen molar-refractivity contribution in [1.29, 1.82) is 5.26 Å². The molecule has 9 heteroatoms. The van der Waals surface area contributed by atoms with E-state index in [1.54, 1.807) is 6.07 Å². The Balaban J connectivity index is 2.00. The minimum Gasteiger partial charge on any atom is -0.240 e. The van der Waals surface area contributed by atoms with Gasteiger partial charge in [-0.2, -0.15) is 27.2 Å². The summed E-state index contributed by atoms with van der Waals surface area (Å²) in [6, 6.07) is 15.7. The molecule has 0 bridgehead atoms. The van der Waals surface area contributed by atoms with Crippen molar-refractivity contribution >= 4 is 23.5 Å². The minimum atomic E-state index is -4.74.